The quantitative estimate of drug-likeness (QED) is 0.427. The van der Waals surface area contributed by atoms with E-state index in [4.69, 9.17) is 5.11 Å². The van der Waals surface area contributed by atoms with E-state index in [9.17, 15) is 23.1 Å². The number of hydrogen-bond acceptors (Lipinski definition) is 8. The van der Waals surface area contributed by atoms with Gasteiger partial charge in [-0.05, 0) is 36.9 Å². The summed E-state index contributed by atoms with van der Waals surface area (Å²) in [5.74, 6) is 0.437. The molecule has 13 heteroatoms. The summed E-state index contributed by atoms with van der Waals surface area (Å²) in [6.45, 7) is -0.874. The van der Waals surface area contributed by atoms with Crippen LogP contribution in [0, 0.1) is 0 Å². The molecule has 2 atom stereocenters. The Morgan fingerprint density at radius 1 is 1.06 bits per heavy atom. The summed E-state index contributed by atoms with van der Waals surface area (Å²) in [6.07, 6.45) is -3.73. The second-order valence-electron chi connectivity index (χ2n) is 7.53. The number of aliphatic hydroxyl groups excluding tert-OH is 2. The van der Waals surface area contributed by atoms with Crippen molar-refractivity contribution in [3.05, 3.63) is 59.2 Å². The first-order valence-electron chi connectivity index (χ1n) is 10.3. The van der Waals surface area contributed by atoms with Crippen LogP contribution in [0.4, 0.5) is 29.3 Å². The van der Waals surface area contributed by atoms with Crippen LogP contribution in [0.3, 0.4) is 0 Å². The molecule has 2 unspecified atom stereocenters. The molecular formula is C22H20F3N7O3. The lowest BCUT2D eigenvalue weighted by molar-refractivity contribution is -0.139. The van der Waals surface area contributed by atoms with Crippen molar-refractivity contribution in [3.63, 3.8) is 0 Å². The Bertz CT molecular complexity index is 1260. The third-order valence-electron chi connectivity index (χ3n) is 5.42. The van der Waals surface area contributed by atoms with Crippen LogP contribution >= 0.6 is 0 Å². The van der Waals surface area contributed by atoms with Gasteiger partial charge < -0.3 is 20.8 Å². The van der Waals surface area contributed by atoms with E-state index in [0.29, 0.717) is 28.9 Å². The van der Waals surface area contributed by atoms with Gasteiger partial charge in [-0.2, -0.15) is 13.2 Å². The second kappa shape index (κ2) is 9.37. The molecule has 182 valence electrons. The largest absolute Gasteiger partial charge is 0.416 e. The van der Waals surface area contributed by atoms with Gasteiger partial charge in [0.25, 0.3) is 0 Å². The van der Waals surface area contributed by atoms with Gasteiger partial charge in [0.05, 0.1) is 12.2 Å². The van der Waals surface area contributed by atoms with E-state index in [1.165, 1.54) is 18.7 Å². The number of benzene rings is 2. The smallest absolute Gasteiger partial charge is 0.393 e. The summed E-state index contributed by atoms with van der Waals surface area (Å²) < 4.78 is 40.1. The van der Waals surface area contributed by atoms with Crippen LogP contribution in [0.2, 0.25) is 0 Å². The number of halogens is 3. The Balaban J connectivity index is 1.49. The van der Waals surface area contributed by atoms with Gasteiger partial charge >= 0.3 is 12.2 Å². The van der Waals surface area contributed by atoms with Crippen LogP contribution in [-0.4, -0.2) is 54.1 Å². The van der Waals surface area contributed by atoms with Crippen LogP contribution in [0.1, 0.15) is 22.8 Å². The van der Waals surface area contributed by atoms with E-state index < -0.39 is 41.7 Å². The number of carbonyl (C=O) groups is 1. The van der Waals surface area contributed by atoms with Crippen LogP contribution in [-0.2, 0) is 11.8 Å². The molecule has 0 aromatic heterocycles. The minimum absolute atomic E-state index is 0.142. The fourth-order valence-corrected chi connectivity index (χ4v) is 3.74. The number of amides is 2. The van der Waals surface area contributed by atoms with E-state index in [2.05, 4.69) is 35.9 Å². The normalized spacial score (nSPS) is 19.6. The Kier molecular flexibility index (Phi) is 6.47. The highest BCUT2D eigenvalue weighted by Gasteiger charge is 2.41. The Morgan fingerprint density at radius 2 is 1.74 bits per heavy atom. The number of hydrogen-bond donors (Lipinski definition) is 5. The van der Waals surface area contributed by atoms with Crippen molar-refractivity contribution in [1.29, 1.82) is 0 Å². The molecule has 2 aromatic rings. The summed E-state index contributed by atoms with van der Waals surface area (Å²) in [7, 11) is 1.71. The van der Waals surface area contributed by atoms with Gasteiger partial charge in [0.15, 0.2) is 11.5 Å². The van der Waals surface area contributed by atoms with E-state index in [1.54, 1.807) is 31.3 Å². The molecule has 2 aromatic carbocycles. The number of anilines is 2. The molecule has 2 aliphatic rings. The van der Waals surface area contributed by atoms with E-state index in [1.807, 2.05) is 0 Å². The first-order valence-corrected chi connectivity index (χ1v) is 10.3. The zero-order valence-electron chi connectivity index (χ0n) is 18.2. The number of aliphatic hydroxyl groups is 2. The maximum Gasteiger partial charge on any atom is 0.416 e. The van der Waals surface area contributed by atoms with Gasteiger partial charge in [0, 0.05) is 16.9 Å². The first kappa shape index (κ1) is 24.2. The molecule has 0 bridgehead atoms. The van der Waals surface area contributed by atoms with Crippen LogP contribution in [0.25, 0.3) is 0 Å². The number of alkyl halides is 3. The highest BCUT2D eigenvalue weighted by Crippen LogP contribution is 2.36. The second-order valence-corrected chi connectivity index (χ2v) is 7.53. The third-order valence-corrected chi connectivity index (χ3v) is 5.42. The fraction of sp³-hybridized carbons (Fsp3) is 0.227. The molecule has 2 heterocycles. The molecule has 0 saturated heterocycles. The Hall–Kier alpha value is -3.94. The number of nitrogens with zero attached hydrogens (tertiary/aromatic N) is 4. The van der Waals surface area contributed by atoms with Crippen LogP contribution in [0.5, 0.6) is 0 Å². The molecule has 0 saturated carbocycles. The summed E-state index contributed by atoms with van der Waals surface area (Å²) in [4.78, 5) is 29.3. The summed E-state index contributed by atoms with van der Waals surface area (Å²) in [6, 6.07) is 8.75. The molecule has 2 amide bonds. The number of carbonyl (C=O) groups excluding carboxylic acids is 1. The van der Waals surface area contributed by atoms with Crippen molar-refractivity contribution in [2.45, 2.75) is 17.9 Å². The highest BCUT2D eigenvalue weighted by atomic mass is 19.4. The summed E-state index contributed by atoms with van der Waals surface area (Å²) in [5.41, 5.74) is -1.20. The lowest BCUT2D eigenvalue weighted by Gasteiger charge is -2.31. The molecule has 35 heavy (non-hydrogen) atoms. The lowest BCUT2D eigenvalue weighted by Crippen LogP contribution is -2.49. The van der Waals surface area contributed by atoms with Crippen molar-refractivity contribution in [2.24, 2.45) is 20.0 Å². The van der Waals surface area contributed by atoms with Crippen molar-refractivity contribution in [1.82, 2.24) is 5.32 Å². The topological polar surface area (TPSA) is 143 Å². The van der Waals surface area contributed by atoms with Gasteiger partial charge in [-0.3, -0.25) is 5.32 Å². The third kappa shape index (κ3) is 4.69. The highest BCUT2D eigenvalue weighted by molar-refractivity contribution is 6.50. The van der Waals surface area contributed by atoms with E-state index in [-0.39, 0.29) is 5.69 Å². The number of aliphatic imine (C=N–C) groups is 4. The number of amidine groups is 1. The Morgan fingerprint density at radius 3 is 2.40 bits per heavy atom. The zero-order chi connectivity index (χ0) is 25.2. The summed E-state index contributed by atoms with van der Waals surface area (Å²) in [5, 5.41) is 26.7. The van der Waals surface area contributed by atoms with Gasteiger partial charge in [-0.15, -0.1) is 0 Å². The van der Waals surface area contributed by atoms with Crippen LogP contribution in [0.15, 0.2) is 62.4 Å². The molecule has 10 nitrogen and oxygen atoms in total. The zero-order valence-corrected chi connectivity index (χ0v) is 18.2. The summed E-state index contributed by atoms with van der Waals surface area (Å²) >= 11 is 0. The number of nitrogens with one attached hydrogen (secondary N) is 3. The predicted molar refractivity (Wildman–Crippen MR) is 125 cm³/mol. The average molecular weight is 487 g/mol. The molecule has 2 aliphatic heterocycles. The average Bonchev–Trinajstić information content (AvgIpc) is 3.33. The van der Waals surface area contributed by atoms with Crippen molar-refractivity contribution in [3.8, 4) is 0 Å². The number of urea groups is 1. The van der Waals surface area contributed by atoms with Gasteiger partial charge in [0.1, 0.15) is 24.5 Å². The molecule has 5 N–H and O–H groups in total. The molecule has 0 fully saturated rings. The van der Waals surface area contributed by atoms with Crippen molar-refractivity contribution >= 4 is 41.6 Å². The minimum Gasteiger partial charge on any atom is -0.393 e. The lowest BCUT2D eigenvalue weighted by atomic mass is 9.93. The van der Waals surface area contributed by atoms with Crippen molar-refractivity contribution in [2.75, 3.05) is 24.3 Å². The Labute approximate surface area is 197 Å². The van der Waals surface area contributed by atoms with Crippen LogP contribution < -0.4 is 16.0 Å². The number of rotatable bonds is 6. The maximum atomic E-state index is 13.4. The first-order chi connectivity index (χ1) is 16.7. The minimum atomic E-state index is -4.79. The molecule has 0 spiro atoms. The van der Waals surface area contributed by atoms with Crippen molar-refractivity contribution < 1.29 is 28.2 Å². The monoisotopic (exact) mass is 487 g/mol. The number of fused-ring (bicyclic) bond motifs is 1. The molecule has 0 aliphatic carbocycles. The van der Waals surface area contributed by atoms with Gasteiger partial charge in [-0.25, -0.2) is 24.8 Å². The predicted octanol–water partition coefficient (Wildman–Crippen LogP) is 2.67. The molecule has 0 radical (unpaired) electrons. The fourth-order valence-electron chi connectivity index (χ4n) is 3.74. The molecule has 4 rings (SSSR count). The molecular weight excluding hydrogens is 467 g/mol. The maximum absolute atomic E-state index is 13.4. The van der Waals surface area contributed by atoms with E-state index >= 15 is 0 Å². The SMILES string of the molecule is CNC1(c2ccc(NC(=O)Nc3ccc(C(O)CO)c(C(F)(F)F)c3)cc2)N=CN=C2N=CN=C21. The standard InChI is InChI=1S/C22H20F3N7O3/c1-26-21(18-19(28-10-27-18)29-11-30-21)12-2-4-13(5-3-12)31-20(35)32-14-6-7-15(17(34)9-33)16(8-14)22(23,24)25/h2-8,10-11,17,26,33-34H,9H2,1H3,(H2,31,32,35). The van der Waals surface area contributed by atoms with E-state index in [0.717, 1.165) is 6.07 Å². The van der Waals surface area contributed by atoms with Gasteiger partial charge in [0.2, 0.25) is 0 Å². The van der Waals surface area contributed by atoms with Gasteiger partial charge in [-0.1, -0.05) is 18.2 Å².